The Hall–Kier alpha value is -4.62. The van der Waals surface area contributed by atoms with Gasteiger partial charge in [0.15, 0.2) is 5.65 Å². The Morgan fingerprint density at radius 2 is 1.73 bits per heavy atom. The van der Waals surface area contributed by atoms with E-state index in [2.05, 4.69) is 20.8 Å². The Kier molecular flexibility index (Phi) is 13.7. The monoisotopic (exact) mass is 701 g/mol. The summed E-state index contributed by atoms with van der Waals surface area (Å²) < 4.78 is 12.6. The van der Waals surface area contributed by atoms with Crippen molar-refractivity contribution in [2.75, 3.05) is 56.9 Å². The molecule has 1 saturated heterocycles. The number of aromatic nitrogens is 3. The van der Waals surface area contributed by atoms with Crippen LogP contribution in [0, 0.1) is 6.92 Å². The molecule has 4 aromatic rings. The minimum absolute atomic E-state index is 0.205. The predicted octanol–water partition coefficient (Wildman–Crippen LogP) is 3.10. The number of rotatable bonds is 12. The highest BCUT2D eigenvalue weighted by molar-refractivity contribution is 6.61. The van der Waals surface area contributed by atoms with Crippen LogP contribution in [-0.2, 0) is 37.4 Å². The van der Waals surface area contributed by atoms with Crippen molar-refractivity contribution in [1.82, 2.24) is 19.1 Å². The van der Waals surface area contributed by atoms with Crippen LogP contribution in [0.4, 0.5) is 17.1 Å². The minimum Gasteiger partial charge on any atom is -0.388 e. The molecule has 2 aromatic carbocycles. The van der Waals surface area contributed by atoms with Crippen LogP contribution >= 0.6 is 0 Å². The number of hydrogen-bond donors (Lipinski definition) is 0. The summed E-state index contributed by atoms with van der Waals surface area (Å²) in [6.45, 7) is 11.3. The zero-order valence-electron chi connectivity index (χ0n) is 31.0. The van der Waals surface area contributed by atoms with Gasteiger partial charge in [0.25, 0.3) is 0 Å². The van der Waals surface area contributed by atoms with Crippen molar-refractivity contribution in [1.29, 1.82) is 0 Å². The SMILES string of the molecule is COC.[B]C([B])([B])N(C=O)c1cc(CCN(C=O)C(CCn2nc3ccccn3c2=O)=Nc2cc(N3CCOCC3)ccc2C)ccc1C(C)(C)C. The molecule has 3 heterocycles. The van der Waals surface area contributed by atoms with Gasteiger partial charge >= 0.3 is 5.69 Å². The first-order valence-electron chi connectivity index (χ1n) is 17.1. The molecule has 1 aliphatic heterocycles. The molecule has 0 atom stereocenters. The lowest BCUT2D eigenvalue weighted by Crippen LogP contribution is -2.51. The molecule has 2 amide bonds. The topological polar surface area (TPSA) is 114 Å². The highest BCUT2D eigenvalue weighted by Crippen LogP contribution is 2.34. The van der Waals surface area contributed by atoms with Gasteiger partial charge in [-0.25, -0.2) is 14.5 Å². The summed E-state index contributed by atoms with van der Waals surface area (Å²) >= 11 is 0. The maximum absolute atomic E-state index is 13.1. The number of aryl methyl sites for hydroxylation is 2. The quantitative estimate of drug-likeness (QED) is 0.0967. The number of carbonyl (C=O) groups excluding carboxylic acids is 2. The zero-order chi connectivity index (χ0) is 38.1. The number of methoxy groups -OCH3 is 1. The van der Waals surface area contributed by atoms with E-state index in [4.69, 9.17) is 33.3 Å². The van der Waals surface area contributed by atoms with E-state index >= 15 is 0 Å². The van der Waals surface area contributed by atoms with E-state index in [1.165, 1.54) is 9.08 Å². The summed E-state index contributed by atoms with van der Waals surface area (Å²) in [7, 11) is 21.2. The number of pyridine rings is 1. The van der Waals surface area contributed by atoms with Gasteiger partial charge in [0.2, 0.25) is 12.8 Å². The molecule has 268 valence electrons. The third-order valence-electron chi connectivity index (χ3n) is 8.61. The highest BCUT2D eigenvalue weighted by atomic mass is 16.5. The number of carbonyl (C=O) groups is 2. The minimum atomic E-state index is -1.92. The first kappa shape index (κ1) is 40.2. The van der Waals surface area contributed by atoms with Gasteiger partial charge < -0.3 is 24.2 Å². The van der Waals surface area contributed by atoms with Gasteiger partial charge in [0.05, 0.1) is 49.0 Å². The van der Waals surface area contributed by atoms with Crippen molar-refractivity contribution in [3.63, 3.8) is 0 Å². The number of amides is 2. The molecule has 0 N–H and O–H groups in total. The number of nitrogens with zero attached hydrogens (tertiary/aromatic N) is 7. The van der Waals surface area contributed by atoms with E-state index in [0.29, 0.717) is 43.2 Å². The second-order valence-corrected chi connectivity index (χ2v) is 13.7. The first-order valence-corrected chi connectivity index (χ1v) is 17.1. The smallest absolute Gasteiger partial charge is 0.350 e. The maximum Gasteiger partial charge on any atom is 0.350 e. The lowest BCUT2D eigenvalue weighted by atomic mass is 9.48. The van der Waals surface area contributed by atoms with Gasteiger partial charge in [0, 0.05) is 57.8 Å². The average molecular weight is 701 g/mol. The highest BCUT2D eigenvalue weighted by Gasteiger charge is 2.27. The number of fused-ring (bicyclic) bond motifs is 1. The van der Waals surface area contributed by atoms with E-state index < -0.39 is 5.24 Å². The largest absolute Gasteiger partial charge is 0.388 e. The van der Waals surface area contributed by atoms with Crippen molar-refractivity contribution in [3.8, 4) is 0 Å². The molecule has 5 rings (SSSR count). The Morgan fingerprint density at radius 1 is 1.02 bits per heavy atom. The van der Waals surface area contributed by atoms with Gasteiger partial charge in [-0.05, 0) is 65.8 Å². The van der Waals surface area contributed by atoms with Crippen LogP contribution in [0.5, 0.6) is 0 Å². The maximum atomic E-state index is 13.1. The summed E-state index contributed by atoms with van der Waals surface area (Å²) in [6, 6.07) is 17.1. The summed E-state index contributed by atoms with van der Waals surface area (Å²) in [5.74, 6) is 0.479. The van der Waals surface area contributed by atoms with E-state index in [9.17, 15) is 14.4 Å². The molecule has 0 saturated carbocycles. The number of hydrogen-bond acceptors (Lipinski definition) is 8. The van der Waals surface area contributed by atoms with Crippen LogP contribution in [0.25, 0.3) is 5.65 Å². The standard InChI is InChI=1S/C35H40B3N7O4.C2H6O/c1-25-8-10-27(41-17-19-49-20-18-41)22-29(25)39-31(13-16-45-33(48)43-14-6-5-7-32(43)40-45)42(23-46)15-12-26-9-11-28(34(2,3)4)30(21-26)44(24-47)35(36,37)38;1-3-2/h5-11,14,21-24H,12-13,15-20H2,1-4H3;1-2H3. The molecule has 1 fully saturated rings. The third kappa shape index (κ3) is 10.0. The summed E-state index contributed by atoms with van der Waals surface area (Å²) in [4.78, 5) is 47.9. The first-order chi connectivity index (χ1) is 24.7. The van der Waals surface area contributed by atoms with Crippen LogP contribution in [0.15, 0.2) is 70.6 Å². The average Bonchev–Trinajstić information content (AvgIpc) is 3.43. The van der Waals surface area contributed by atoms with Crippen LogP contribution in [0.2, 0.25) is 0 Å². The van der Waals surface area contributed by atoms with E-state index in [1.54, 1.807) is 37.4 Å². The Bertz CT molecular complexity index is 1910. The molecular weight excluding hydrogens is 655 g/mol. The summed E-state index contributed by atoms with van der Waals surface area (Å²) in [5.41, 5.74) is 4.72. The number of ether oxygens (including phenoxy) is 2. The van der Waals surface area contributed by atoms with Gasteiger partial charge in [-0.15, -0.1) is 5.10 Å². The second-order valence-electron chi connectivity index (χ2n) is 13.7. The van der Waals surface area contributed by atoms with Crippen molar-refractivity contribution in [2.45, 2.75) is 57.7 Å². The lowest BCUT2D eigenvalue weighted by molar-refractivity contribution is -0.115. The normalized spacial score (nSPS) is 13.7. The molecule has 0 aliphatic carbocycles. The van der Waals surface area contributed by atoms with Crippen molar-refractivity contribution in [2.24, 2.45) is 4.99 Å². The summed E-state index contributed by atoms with van der Waals surface area (Å²) in [5, 5.41) is 2.55. The molecular formula is C37H46B3N7O5. The van der Waals surface area contributed by atoms with E-state index in [1.807, 2.05) is 64.1 Å². The molecule has 52 heavy (non-hydrogen) atoms. The second kappa shape index (κ2) is 17.7. The van der Waals surface area contributed by atoms with Crippen molar-refractivity contribution >= 4 is 64.9 Å². The fourth-order valence-corrected chi connectivity index (χ4v) is 5.87. The number of morpholine rings is 1. The summed E-state index contributed by atoms with van der Waals surface area (Å²) in [6.07, 6.45) is 3.61. The van der Waals surface area contributed by atoms with Crippen LogP contribution in [0.1, 0.15) is 43.9 Å². The third-order valence-corrected chi connectivity index (χ3v) is 8.61. The van der Waals surface area contributed by atoms with Gasteiger partial charge in [0.1, 0.15) is 5.84 Å². The molecule has 1 aliphatic rings. The predicted molar refractivity (Wildman–Crippen MR) is 208 cm³/mol. The van der Waals surface area contributed by atoms with Crippen LogP contribution in [-0.4, -0.2) is 114 Å². The fraction of sp³-hybridized carbons (Fsp3) is 0.432. The van der Waals surface area contributed by atoms with Gasteiger partial charge in [-0.1, -0.05) is 50.3 Å². The molecule has 0 unspecified atom stereocenters. The number of amidine groups is 1. The molecule has 0 spiro atoms. The molecule has 0 bridgehead atoms. The van der Waals surface area contributed by atoms with Gasteiger partial charge in [-0.2, -0.15) is 0 Å². The number of aliphatic imine (C=N–C) groups is 1. The fourth-order valence-electron chi connectivity index (χ4n) is 5.87. The number of anilines is 2. The Balaban J connectivity index is 0.00000195. The number of benzene rings is 2. The van der Waals surface area contributed by atoms with Crippen molar-refractivity contribution in [3.05, 3.63) is 88.0 Å². The molecule has 12 nitrogen and oxygen atoms in total. The van der Waals surface area contributed by atoms with Gasteiger partial charge in [-0.3, -0.25) is 14.0 Å². The van der Waals surface area contributed by atoms with Crippen LogP contribution < -0.4 is 15.5 Å². The van der Waals surface area contributed by atoms with E-state index in [-0.39, 0.29) is 30.6 Å². The molecule has 15 heteroatoms. The molecule has 6 radical (unpaired) electrons. The van der Waals surface area contributed by atoms with E-state index in [0.717, 1.165) is 52.5 Å². The lowest BCUT2D eigenvalue weighted by Gasteiger charge is -2.38. The molecule has 2 aromatic heterocycles. The van der Waals surface area contributed by atoms with Crippen LogP contribution in [0.3, 0.4) is 0 Å². The Labute approximate surface area is 310 Å². The zero-order valence-corrected chi connectivity index (χ0v) is 31.0. The van der Waals surface area contributed by atoms with Crippen molar-refractivity contribution < 1.29 is 19.1 Å². The Morgan fingerprint density at radius 3 is 2.35 bits per heavy atom.